The predicted molar refractivity (Wildman–Crippen MR) is 79.4 cm³/mol. The van der Waals surface area contributed by atoms with E-state index in [2.05, 4.69) is 31.1 Å². The summed E-state index contributed by atoms with van der Waals surface area (Å²) >= 11 is 0. The number of piperidine rings is 1. The van der Waals surface area contributed by atoms with E-state index in [1.807, 2.05) is 0 Å². The van der Waals surface area contributed by atoms with Gasteiger partial charge in [-0.05, 0) is 57.8 Å². The second-order valence-corrected chi connectivity index (χ2v) is 6.32. The van der Waals surface area contributed by atoms with Gasteiger partial charge >= 0.3 is 0 Å². The van der Waals surface area contributed by atoms with Crippen LogP contribution in [0.4, 0.5) is 0 Å². The fourth-order valence-corrected chi connectivity index (χ4v) is 2.42. The number of ether oxygens (including phenoxy) is 1. The van der Waals surface area contributed by atoms with Gasteiger partial charge in [0.2, 0.25) is 0 Å². The van der Waals surface area contributed by atoms with Crippen LogP contribution in [0.3, 0.4) is 0 Å². The molecule has 114 valence electrons. The number of nitrogens with zero attached hydrogens (tertiary/aromatic N) is 1. The number of nitrogens with one attached hydrogen (secondary N) is 1. The fourth-order valence-electron chi connectivity index (χ4n) is 2.42. The van der Waals surface area contributed by atoms with Gasteiger partial charge in [-0.3, -0.25) is 0 Å². The van der Waals surface area contributed by atoms with Gasteiger partial charge in [0.15, 0.2) is 0 Å². The van der Waals surface area contributed by atoms with Gasteiger partial charge in [-0.1, -0.05) is 13.8 Å². The van der Waals surface area contributed by atoms with Crippen LogP contribution in [0.2, 0.25) is 0 Å². The lowest BCUT2D eigenvalue weighted by Crippen LogP contribution is -2.34. The van der Waals surface area contributed by atoms with Crippen LogP contribution in [-0.2, 0) is 4.74 Å². The number of rotatable bonds is 9. The van der Waals surface area contributed by atoms with Crippen molar-refractivity contribution in [3.05, 3.63) is 0 Å². The summed E-state index contributed by atoms with van der Waals surface area (Å²) in [6.45, 7) is 9.53. The molecule has 1 unspecified atom stereocenters. The van der Waals surface area contributed by atoms with Crippen LogP contribution >= 0.6 is 0 Å². The molecule has 1 rings (SSSR count). The third kappa shape index (κ3) is 8.58. The summed E-state index contributed by atoms with van der Waals surface area (Å²) in [5, 5.41) is 13.1. The summed E-state index contributed by atoms with van der Waals surface area (Å²) in [7, 11) is 2.20. The summed E-state index contributed by atoms with van der Waals surface area (Å²) in [5.74, 6) is 1.39. The molecule has 0 amide bonds. The maximum absolute atomic E-state index is 9.74. The highest BCUT2D eigenvalue weighted by atomic mass is 16.5. The molecule has 4 nitrogen and oxygen atoms in total. The van der Waals surface area contributed by atoms with Crippen molar-refractivity contribution in [3.63, 3.8) is 0 Å². The molecule has 0 radical (unpaired) electrons. The van der Waals surface area contributed by atoms with Crippen LogP contribution in [0.5, 0.6) is 0 Å². The van der Waals surface area contributed by atoms with E-state index in [4.69, 9.17) is 4.74 Å². The molecule has 2 N–H and O–H groups in total. The van der Waals surface area contributed by atoms with Gasteiger partial charge in [-0.25, -0.2) is 0 Å². The Labute approximate surface area is 118 Å². The van der Waals surface area contributed by atoms with Crippen LogP contribution in [-0.4, -0.2) is 62.6 Å². The highest BCUT2D eigenvalue weighted by molar-refractivity contribution is 4.71. The van der Waals surface area contributed by atoms with E-state index in [0.29, 0.717) is 19.1 Å². The fraction of sp³-hybridized carbons (Fsp3) is 1.00. The van der Waals surface area contributed by atoms with Gasteiger partial charge in [-0.2, -0.15) is 0 Å². The molecule has 19 heavy (non-hydrogen) atoms. The number of hydrogen-bond donors (Lipinski definition) is 2. The second kappa shape index (κ2) is 9.70. The van der Waals surface area contributed by atoms with Crippen LogP contribution in [0.1, 0.15) is 33.1 Å². The first-order valence-electron chi connectivity index (χ1n) is 7.73. The molecule has 1 heterocycles. The molecule has 0 saturated carbocycles. The molecule has 0 aromatic heterocycles. The van der Waals surface area contributed by atoms with Crippen molar-refractivity contribution in [3.8, 4) is 0 Å². The van der Waals surface area contributed by atoms with Gasteiger partial charge in [0.05, 0.1) is 12.7 Å². The first-order chi connectivity index (χ1) is 9.08. The summed E-state index contributed by atoms with van der Waals surface area (Å²) in [6.07, 6.45) is 3.49. The molecule has 1 aliphatic rings. The zero-order valence-electron chi connectivity index (χ0n) is 12.9. The summed E-state index contributed by atoms with van der Waals surface area (Å²) in [4.78, 5) is 2.40. The Bertz CT molecular complexity index is 216. The van der Waals surface area contributed by atoms with Crippen molar-refractivity contribution < 1.29 is 9.84 Å². The molecule has 4 heteroatoms. The number of hydrogen-bond acceptors (Lipinski definition) is 4. The van der Waals surface area contributed by atoms with E-state index in [1.165, 1.54) is 32.4 Å². The van der Waals surface area contributed by atoms with Gasteiger partial charge in [0.25, 0.3) is 0 Å². The van der Waals surface area contributed by atoms with E-state index in [1.54, 1.807) is 0 Å². The maximum Gasteiger partial charge on any atom is 0.0897 e. The molecular formula is C15H32N2O2. The Morgan fingerprint density at radius 2 is 1.95 bits per heavy atom. The van der Waals surface area contributed by atoms with E-state index >= 15 is 0 Å². The Morgan fingerprint density at radius 1 is 1.26 bits per heavy atom. The van der Waals surface area contributed by atoms with Gasteiger partial charge in [0.1, 0.15) is 0 Å². The smallest absolute Gasteiger partial charge is 0.0897 e. The maximum atomic E-state index is 9.74. The van der Waals surface area contributed by atoms with Gasteiger partial charge in [-0.15, -0.1) is 0 Å². The predicted octanol–water partition coefficient (Wildman–Crippen LogP) is 1.34. The molecule has 0 aromatic carbocycles. The van der Waals surface area contributed by atoms with E-state index in [-0.39, 0.29) is 6.10 Å². The number of aliphatic hydroxyl groups is 1. The van der Waals surface area contributed by atoms with Crippen molar-refractivity contribution in [1.29, 1.82) is 0 Å². The molecule has 1 aliphatic heterocycles. The number of likely N-dealkylation sites (tertiary alicyclic amines) is 1. The Balaban J connectivity index is 1.92. The monoisotopic (exact) mass is 272 g/mol. The molecule has 1 fully saturated rings. The molecule has 0 bridgehead atoms. The summed E-state index contributed by atoms with van der Waals surface area (Å²) in [6, 6.07) is 0. The Morgan fingerprint density at radius 3 is 2.58 bits per heavy atom. The molecular weight excluding hydrogens is 240 g/mol. The van der Waals surface area contributed by atoms with Gasteiger partial charge < -0.3 is 20.1 Å². The van der Waals surface area contributed by atoms with Crippen molar-refractivity contribution in [2.75, 3.05) is 46.4 Å². The van der Waals surface area contributed by atoms with Crippen molar-refractivity contribution >= 4 is 0 Å². The normalized spacial score (nSPS) is 20.1. The SMILES string of the molecule is CC(C)COCC(O)CNCCC1CCN(C)CC1. The third-order valence-corrected chi connectivity index (χ3v) is 3.71. The van der Waals surface area contributed by atoms with Gasteiger partial charge in [0, 0.05) is 13.2 Å². The molecule has 0 spiro atoms. The van der Waals surface area contributed by atoms with Crippen molar-refractivity contribution in [2.45, 2.75) is 39.2 Å². The lowest BCUT2D eigenvalue weighted by atomic mass is 9.94. The Kier molecular flexibility index (Phi) is 8.62. The van der Waals surface area contributed by atoms with E-state index in [0.717, 1.165) is 19.1 Å². The minimum atomic E-state index is -0.378. The zero-order chi connectivity index (χ0) is 14.1. The van der Waals surface area contributed by atoms with E-state index in [9.17, 15) is 5.11 Å². The molecule has 0 aliphatic carbocycles. The van der Waals surface area contributed by atoms with Crippen LogP contribution in [0, 0.1) is 11.8 Å². The minimum Gasteiger partial charge on any atom is -0.389 e. The average Bonchev–Trinajstić information content (AvgIpc) is 2.36. The lowest BCUT2D eigenvalue weighted by molar-refractivity contribution is 0.0260. The second-order valence-electron chi connectivity index (χ2n) is 6.32. The molecule has 1 saturated heterocycles. The van der Waals surface area contributed by atoms with Crippen molar-refractivity contribution in [2.24, 2.45) is 11.8 Å². The summed E-state index contributed by atoms with van der Waals surface area (Å²) < 4.78 is 5.42. The minimum absolute atomic E-state index is 0.378. The van der Waals surface area contributed by atoms with Crippen molar-refractivity contribution in [1.82, 2.24) is 10.2 Å². The average molecular weight is 272 g/mol. The third-order valence-electron chi connectivity index (χ3n) is 3.71. The van der Waals surface area contributed by atoms with Crippen LogP contribution in [0.25, 0.3) is 0 Å². The highest BCUT2D eigenvalue weighted by Crippen LogP contribution is 2.18. The highest BCUT2D eigenvalue weighted by Gasteiger charge is 2.16. The largest absolute Gasteiger partial charge is 0.389 e. The topological polar surface area (TPSA) is 44.7 Å². The first kappa shape index (κ1) is 16.9. The lowest BCUT2D eigenvalue weighted by Gasteiger charge is -2.29. The zero-order valence-corrected chi connectivity index (χ0v) is 12.9. The summed E-state index contributed by atoms with van der Waals surface area (Å²) in [5.41, 5.74) is 0. The van der Waals surface area contributed by atoms with E-state index < -0.39 is 0 Å². The first-order valence-corrected chi connectivity index (χ1v) is 7.73. The van der Waals surface area contributed by atoms with Crippen LogP contribution in [0.15, 0.2) is 0 Å². The number of aliphatic hydroxyl groups excluding tert-OH is 1. The molecule has 1 atom stereocenters. The Hall–Kier alpha value is -0.160. The molecule has 0 aromatic rings. The quantitative estimate of drug-likeness (QED) is 0.622. The van der Waals surface area contributed by atoms with Crippen LogP contribution < -0.4 is 5.32 Å². The standard InChI is InChI=1S/C15H32N2O2/c1-13(2)11-19-12-15(18)10-16-7-4-14-5-8-17(3)9-6-14/h13-16,18H,4-12H2,1-3H3.